The van der Waals surface area contributed by atoms with E-state index in [0.29, 0.717) is 24.4 Å². The Morgan fingerprint density at radius 2 is 2.26 bits per heavy atom. The molecule has 6 heteroatoms. The van der Waals surface area contributed by atoms with Gasteiger partial charge in [-0.2, -0.15) is 5.26 Å². The number of benzene rings is 1. The fourth-order valence-corrected chi connectivity index (χ4v) is 2.03. The van der Waals surface area contributed by atoms with Gasteiger partial charge < -0.3 is 9.64 Å². The molecule has 0 radical (unpaired) electrons. The van der Waals surface area contributed by atoms with Crippen LogP contribution in [0.25, 0.3) is 0 Å². The Hall–Kier alpha value is -2.13. The molecule has 0 fully saturated rings. The Balaban J connectivity index is 3.18. The number of non-ortho nitro benzene ring substituents is 1. The summed E-state index contributed by atoms with van der Waals surface area (Å²) in [7, 11) is 1.62. The van der Waals surface area contributed by atoms with Gasteiger partial charge in [-0.25, -0.2) is 0 Å². The lowest BCUT2D eigenvalue weighted by atomic mass is 10.1. The Morgan fingerprint density at radius 3 is 2.74 bits per heavy atom. The number of nitro groups is 1. The molecule has 6 nitrogen and oxygen atoms in total. The van der Waals surface area contributed by atoms with E-state index in [2.05, 4.69) is 0 Å². The predicted molar refractivity (Wildman–Crippen MR) is 72.2 cm³/mol. The molecule has 0 aromatic heterocycles. The van der Waals surface area contributed by atoms with Crippen molar-refractivity contribution in [2.45, 2.75) is 19.9 Å². The maximum absolute atomic E-state index is 10.7. The Bertz CT molecular complexity index is 496. The van der Waals surface area contributed by atoms with E-state index >= 15 is 0 Å². The van der Waals surface area contributed by atoms with E-state index in [1.165, 1.54) is 12.1 Å². The first-order valence-corrected chi connectivity index (χ1v) is 5.99. The van der Waals surface area contributed by atoms with Gasteiger partial charge in [0.25, 0.3) is 5.69 Å². The van der Waals surface area contributed by atoms with E-state index in [4.69, 9.17) is 10.00 Å². The molecule has 0 aliphatic rings. The summed E-state index contributed by atoms with van der Waals surface area (Å²) in [6, 6.07) is 6.44. The first-order valence-electron chi connectivity index (χ1n) is 5.99. The number of hydrogen-bond donors (Lipinski definition) is 0. The molecule has 1 atom stereocenters. The molecule has 0 aliphatic carbocycles. The third-order valence-corrected chi connectivity index (χ3v) is 2.90. The van der Waals surface area contributed by atoms with Crippen LogP contribution in [0.2, 0.25) is 0 Å². The lowest BCUT2D eigenvalue weighted by molar-refractivity contribution is -0.384. The van der Waals surface area contributed by atoms with Crippen LogP contribution in [0.15, 0.2) is 18.2 Å². The third-order valence-electron chi connectivity index (χ3n) is 2.90. The number of hydrogen-bond acceptors (Lipinski definition) is 5. The predicted octanol–water partition coefficient (Wildman–Crippen LogP) is 2.33. The SMILES string of the molecule is CCN(c1ccc([N+](=O)[O-])cc1C#N)C(C)COC. The van der Waals surface area contributed by atoms with Crippen molar-refractivity contribution in [1.82, 2.24) is 0 Å². The van der Waals surface area contributed by atoms with E-state index in [1.807, 2.05) is 24.8 Å². The fourth-order valence-electron chi connectivity index (χ4n) is 2.03. The largest absolute Gasteiger partial charge is 0.383 e. The minimum Gasteiger partial charge on any atom is -0.383 e. The highest BCUT2D eigenvalue weighted by atomic mass is 16.6. The summed E-state index contributed by atoms with van der Waals surface area (Å²) in [5, 5.41) is 19.9. The average Bonchev–Trinajstić information content (AvgIpc) is 2.40. The van der Waals surface area contributed by atoms with Crippen molar-refractivity contribution in [3.05, 3.63) is 33.9 Å². The second-order valence-electron chi connectivity index (χ2n) is 4.16. The molecule has 0 N–H and O–H groups in total. The van der Waals surface area contributed by atoms with Gasteiger partial charge in [0.05, 0.1) is 22.8 Å². The van der Waals surface area contributed by atoms with Crippen LogP contribution in [0.1, 0.15) is 19.4 Å². The summed E-state index contributed by atoms with van der Waals surface area (Å²) < 4.78 is 5.11. The Kier molecular flexibility index (Phi) is 5.27. The van der Waals surface area contributed by atoms with Crippen molar-refractivity contribution >= 4 is 11.4 Å². The van der Waals surface area contributed by atoms with Gasteiger partial charge in [0.15, 0.2) is 0 Å². The van der Waals surface area contributed by atoms with E-state index in [9.17, 15) is 10.1 Å². The topological polar surface area (TPSA) is 79.4 Å². The molecule has 1 aromatic carbocycles. The quantitative estimate of drug-likeness (QED) is 0.581. The number of rotatable bonds is 6. The van der Waals surface area contributed by atoms with E-state index in [1.54, 1.807) is 13.2 Å². The number of nitro benzene ring substituents is 1. The summed E-state index contributed by atoms with van der Waals surface area (Å²) in [6.07, 6.45) is 0. The summed E-state index contributed by atoms with van der Waals surface area (Å²) in [6.45, 7) is 5.16. The number of methoxy groups -OCH3 is 1. The number of nitrogens with zero attached hydrogens (tertiary/aromatic N) is 3. The van der Waals surface area contributed by atoms with Crippen molar-refractivity contribution in [2.75, 3.05) is 25.2 Å². The van der Waals surface area contributed by atoms with Crippen LogP contribution in [0.5, 0.6) is 0 Å². The first-order chi connectivity index (χ1) is 9.04. The van der Waals surface area contributed by atoms with Crippen LogP contribution in [-0.4, -0.2) is 31.2 Å². The van der Waals surface area contributed by atoms with Gasteiger partial charge in [-0.1, -0.05) is 0 Å². The summed E-state index contributed by atoms with van der Waals surface area (Å²) in [5.41, 5.74) is 0.926. The van der Waals surface area contributed by atoms with Crippen molar-refractivity contribution in [3.63, 3.8) is 0 Å². The summed E-state index contributed by atoms with van der Waals surface area (Å²) in [5.74, 6) is 0. The molecule has 0 aliphatic heterocycles. The maximum Gasteiger partial charge on any atom is 0.270 e. The highest BCUT2D eigenvalue weighted by molar-refractivity contribution is 5.63. The molecule has 0 saturated carbocycles. The van der Waals surface area contributed by atoms with Crippen LogP contribution in [0.3, 0.4) is 0 Å². The Morgan fingerprint density at radius 1 is 1.58 bits per heavy atom. The number of ether oxygens (including phenoxy) is 1. The van der Waals surface area contributed by atoms with E-state index < -0.39 is 4.92 Å². The van der Waals surface area contributed by atoms with Gasteiger partial charge in [-0.05, 0) is 19.9 Å². The smallest absolute Gasteiger partial charge is 0.270 e. The second kappa shape index (κ2) is 6.71. The molecule has 1 unspecified atom stereocenters. The zero-order chi connectivity index (χ0) is 14.4. The molecule has 0 saturated heterocycles. The second-order valence-corrected chi connectivity index (χ2v) is 4.16. The van der Waals surface area contributed by atoms with Crippen LogP contribution in [0, 0.1) is 21.4 Å². The number of nitriles is 1. The third kappa shape index (κ3) is 3.42. The maximum atomic E-state index is 10.7. The van der Waals surface area contributed by atoms with Crippen LogP contribution >= 0.6 is 0 Å². The zero-order valence-corrected chi connectivity index (χ0v) is 11.3. The monoisotopic (exact) mass is 263 g/mol. The van der Waals surface area contributed by atoms with E-state index in [-0.39, 0.29) is 11.7 Å². The van der Waals surface area contributed by atoms with Crippen molar-refractivity contribution in [3.8, 4) is 6.07 Å². The molecule has 1 rings (SSSR count). The average molecular weight is 263 g/mol. The number of anilines is 1. The zero-order valence-electron chi connectivity index (χ0n) is 11.3. The molecule has 0 bridgehead atoms. The minimum atomic E-state index is -0.501. The molecule has 19 heavy (non-hydrogen) atoms. The summed E-state index contributed by atoms with van der Waals surface area (Å²) >= 11 is 0. The van der Waals surface area contributed by atoms with Gasteiger partial charge >= 0.3 is 0 Å². The molecule has 0 spiro atoms. The van der Waals surface area contributed by atoms with Crippen molar-refractivity contribution in [2.24, 2.45) is 0 Å². The standard InChI is InChI=1S/C13H17N3O3/c1-4-15(10(2)9-19-3)13-6-5-12(16(17)18)7-11(13)8-14/h5-7,10H,4,9H2,1-3H3. The van der Waals surface area contributed by atoms with Gasteiger partial charge in [0, 0.05) is 31.8 Å². The van der Waals surface area contributed by atoms with Crippen molar-refractivity contribution < 1.29 is 9.66 Å². The molecular weight excluding hydrogens is 246 g/mol. The Labute approximate surface area is 112 Å². The number of likely N-dealkylation sites (N-methyl/N-ethyl adjacent to an activating group) is 1. The normalized spacial score (nSPS) is 11.7. The van der Waals surface area contributed by atoms with Crippen LogP contribution in [-0.2, 0) is 4.74 Å². The highest BCUT2D eigenvalue weighted by Crippen LogP contribution is 2.26. The fraction of sp³-hybridized carbons (Fsp3) is 0.462. The molecule has 0 amide bonds. The summed E-state index contributed by atoms with van der Waals surface area (Å²) in [4.78, 5) is 12.2. The van der Waals surface area contributed by atoms with Gasteiger partial charge in [0.2, 0.25) is 0 Å². The first kappa shape index (κ1) is 14.9. The van der Waals surface area contributed by atoms with E-state index in [0.717, 1.165) is 0 Å². The van der Waals surface area contributed by atoms with Crippen LogP contribution in [0.4, 0.5) is 11.4 Å². The van der Waals surface area contributed by atoms with Crippen LogP contribution < -0.4 is 4.90 Å². The molecule has 0 heterocycles. The lowest BCUT2D eigenvalue weighted by Gasteiger charge is -2.30. The minimum absolute atomic E-state index is 0.0734. The van der Waals surface area contributed by atoms with Gasteiger partial charge in [-0.3, -0.25) is 10.1 Å². The van der Waals surface area contributed by atoms with Gasteiger partial charge in [0.1, 0.15) is 6.07 Å². The molecular formula is C13H17N3O3. The lowest BCUT2D eigenvalue weighted by Crippen LogP contribution is -2.36. The molecule has 1 aromatic rings. The van der Waals surface area contributed by atoms with Crippen molar-refractivity contribution in [1.29, 1.82) is 5.26 Å². The van der Waals surface area contributed by atoms with Gasteiger partial charge in [-0.15, -0.1) is 0 Å². The highest BCUT2D eigenvalue weighted by Gasteiger charge is 2.18. The molecule has 102 valence electrons.